The maximum Gasteiger partial charge on any atom is 0.322 e. The zero-order chi connectivity index (χ0) is 10.1. The van der Waals surface area contributed by atoms with Crippen molar-refractivity contribution in [2.45, 2.75) is 6.04 Å². The number of hydrogen-bond donors (Lipinski definition) is 2. The number of urea groups is 1. The number of nitrogens with one attached hydrogen (secondary N) is 1. The topological polar surface area (TPSA) is 76.2 Å². The molecule has 0 saturated carbocycles. The van der Waals surface area contributed by atoms with E-state index in [4.69, 9.17) is 5.73 Å². The summed E-state index contributed by atoms with van der Waals surface area (Å²) in [5, 5.41) is 6.68. The predicted molar refractivity (Wildman–Crippen MR) is 51.8 cm³/mol. The van der Waals surface area contributed by atoms with Gasteiger partial charge >= 0.3 is 6.03 Å². The molecule has 0 atom stereocenters. The fraction of sp³-hybridized carbons (Fsp3) is 0.500. The Hall–Kier alpha value is -1.56. The molecule has 1 fully saturated rings. The molecule has 14 heavy (non-hydrogen) atoms. The lowest BCUT2D eigenvalue weighted by molar-refractivity contribution is 0.165. The number of anilines is 1. The zero-order valence-corrected chi connectivity index (χ0v) is 7.97. The van der Waals surface area contributed by atoms with Crippen LogP contribution in [-0.2, 0) is 7.05 Å². The lowest BCUT2D eigenvalue weighted by Gasteiger charge is -2.36. The molecule has 0 aliphatic carbocycles. The molecule has 0 aromatic carbocycles. The minimum Gasteiger partial charge on any atom is -0.325 e. The van der Waals surface area contributed by atoms with Crippen LogP contribution in [0.15, 0.2) is 12.4 Å². The standard InChI is InChI=1S/C8H13N5O/c1-12-5-7(2-10-12)11-8(14)13-3-6(9)4-13/h2,5-6H,3-4,9H2,1H3,(H,11,14). The van der Waals surface area contributed by atoms with Crippen LogP contribution in [0.5, 0.6) is 0 Å². The van der Waals surface area contributed by atoms with Gasteiger partial charge < -0.3 is 16.0 Å². The predicted octanol–water partition coefficient (Wildman–Crippen LogP) is -0.405. The second-order valence-corrected chi connectivity index (χ2v) is 3.50. The fourth-order valence-electron chi connectivity index (χ4n) is 1.37. The number of likely N-dealkylation sites (tertiary alicyclic amines) is 1. The van der Waals surface area contributed by atoms with E-state index in [1.54, 1.807) is 29.0 Å². The molecule has 6 heteroatoms. The molecule has 0 radical (unpaired) electrons. The van der Waals surface area contributed by atoms with Gasteiger partial charge in [0.2, 0.25) is 0 Å². The molecule has 3 N–H and O–H groups in total. The Morgan fingerprint density at radius 3 is 2.93 bits per heavy atom. The molecule has 0 spiro atoms. The molecule has 0 bridgehead atoms. The number of aromatic nitrogens is 2. The van der Waals surface area contributed by atoms with Gasteiger partial charge in [-0.3, -0.25) is 4.68 Å². The summed E-state index contributed by atoms with van der Waals surface area (Å²) in [4.78, 5) is 13.1. The number of rotatable bonds is 1. The van der Waals surface area contributed by atoms with E-state index in [2.05, 4.69) is 10.4 Å². The lowest BCUT2D eigenvalue weighted by atomic mass is 10.1. The average Bonchev–Trinajstić information content (AvgIpc) is 2.45. The fourth-order valence-corrected chi connectivity index (χ4v) is 1.37. The Morgan fingerprint density at radius 1 is 1.71 bits per heavy atom. The van der Waals surface area contributed by atoms with Gasteiger partial charge in [-0.25, -0.2) is 4.79 Å². The molecular weight excluding hydrogens is 182 g/mol. The van der Waals surface area contributed by atoms with E-state index in [9.17, 15) is 4.79 Å². The molecule has 76 valence electrons. The normalized spacial score (nSPS) is 16.6. The van der Waals surface area contributed by atoms with Gasteiger partial charge in [-0.05, 0) is 0 Å². The van der Waals surface area contributed by atoms with E-state index in [-0.39, 0.29) is 12.1 Å². The Bertz CT molecular complexity index is 341. The van der Waals surface area contributed by atoms with Crippen LogP contribution in [0, 0.1) is 0 Å². The number of aryl methyl sites for hydroxylation is 1. The first-order chi connectivity index (χ1) is 6.65. The van der Waals surface area contributed by atoms with Gasteiger partial charge in [0.05, 0.1) is 11.9 Å². The van der Waals surface area contributed by atoms with E-state index in [0.717, 1.165) is 0 Å². The van der Waals surface area contributed by atoms with Crippen LogP contribution in [0.1, 0.15) is 0 Å². The monoisotopic (exact) mass is 195 g/mol. The van der Waals surface area contributed by atoms with Gasteiger partial charge in [0.1, 0.15) is 0 Å². The first kappa shape index (κ1) is 9.01. The van der Waals surface area contributed by atoms with E-state index in [1.165, 1.54) is 0 Å². The smallest absolute Gasteiger partial charge is 0.322 e. The van der Waals surface area contributed by atoms with Crippen molar-refractivity contribution in [1.29, 1.82) is 0 Å². The highest BCUT2D eigenvalue weighted by Gasteiger charge is 2.27. The molecule has 2 amide bonds. The first-order valence-electron chi connectivity index (χ1n) is 4.45. The number of carbonyl (C=O) groups is 1. The molecule has 1 aromatic heterocycles. The van der Waals surface area contributed by atoms with Crippen molar-refractivity contribution in [2.75, 3.05) is 18.4 Å². The van der Waals surface area contributed by atoms with Gasteiger partial charge in [-0.15, -0.1) is 0 Å². The number of amides is 2. The van der Waals surface area contributed by atoms with Crippen molar-refractivity contribution in [1.82, 2.24) is 14.7 Å². The quantitative estimate of drug-likeness (QED) is 0.640. The molecule has 1 aliphatic heterocycles. The van der Waals surface area contributed by atoms with Crippen LogP contribution in [-0.4, -0.2) is 39.8 Å². The van der Waals surface area contributed by atoms with E-state index in [1.807, 2.05) is 0 Å². The second kappa shape index (κ2) is 3.30. The molecule has 2 rings (SSSR count). The summed E-state index contributed by atoms with van der Waals surface area (Å²) < 4.78 is 1.64. The second-order valence-electron chi connectivity index (χ2n) is 3.50. The van der Waals surface area contributed by atoms with Crippen LogP contribution in [0.25, 0.3) is 0 Å². The minimum atomic E-state index is -0.111. The Balaban J connectivity index is 1.89. The van der Waals surface area contributed by atoms with Crippen LogP contribution in [0.4, 0.5) is 10.5 Å². The van der Waals surface area contributed by atoms with Crippen molar-refractivity contribution >= 4 is 11.7 Å². The summed E-state index contributed by atoms with van der Waals surface area (Å²) in [6, 6.07) is 0.0225. The van der Waals surface area contributed by atoms with Crippen LogP contribution in [0.3, 0.4) is 0 Å². The highest BCUT2D eigenvalue weighted by molar-refractivity contribution is 5.89. The van der Waals surface area contributed by atoms with Crippen molar-refractivity contribution in [3.8, 4) is 0 Å². The Labute approximate surface area is 81.7 Å². The number of hydrogen-bond acceptors (Lipinski definition) is 3. The molecule has 1 aliphatic rings. The first-order valence-corrected chi connectivity index (χ1v) is 4.45. The van der Waals surface area contributed by atoms with Crippen LogP contribution >= 0.6 is 0 Å². The van der Waals surface area contributed by atoms with Crippen molar-refractivity contribution in [2.24, 2.45) is 12.8 Å². The van der Waals surface area contributed by atoms with Gasteiger partial charge in [-0.2, -0.15) is 5.10 Å². The van der Waals surface area contributed by atoms with Crippen LogP contribution in [0.2, 0.25) is 0 Å². The number of nitrogens with zero attached hydrogens (tertiary/aromatic N) is 3. The SMILES string of the molecule is Cn1cc(NC(=O)N2CC(N)C2)cn1. The zero-order valence-electron chi connectivity index (χ0n) is 7.97. The summed E-state index contributed by atoms with van der Waals surface area (Å²) in [5.41, 5.74) is 6.27. The van der Waals surface area contributed by atoms with E-state index >= 15 is 0 Å². The highest BCUT2D eigenvalue weighted by atomic mass is 16.2. The largest absolute Gasteiger partial charge is 0.325 e. The highest BCUT2D eigenvalue weighted by Crippen LogP contribution is 2.09. The van der Waals surface area contributed by atoms with Crippen molar-refractivity contribution in [3.63, 3.8) is 0 Å². The van der Waals surface area contributed by atoms with Crippen molar-refractivity contribution in [3.05, 3.63) is 12.4 Å². The van der Waals surface area contributed by atoms with E-state index in [0.29, 0.717) is 18.8 Å². The summed E-state index contributed by atoms with van der Waals surface area (Å²) >= 11 is 0. The number of nitrogens with two attached hydrogens (primary N) is 1. The summed E-state index contributed by atoms with van der Waals surface area (Å²) in [6.45, 7) is 1.26. The number of carbonyl (C=O) groups excluding carboxylic acids is 1. The third-order valence-corrected chi connectivity index (χ3v) is 2.15. The van der Waals surface area contributed by atoms with Crippen molar-refractivity contribution < 1.29 is 4.79 Å². The Morgan fingerprint density at radius 2 is 2.43 bits per heavy atom. The minimum absolute atomic E-state index is 0.111. The van der Waals surface area contributed by atoms with Gasteiger partial charge in [-0.1, -0.05) is 0 Å². The molecule has 6 nitrogen and oxygen atoms in total. The molecular formula is C8H13N5O. The summed E-state index contributed by atoms with van der Waals surface area (Å²) in [7, 11) is 1.80. The molecule has 2 heterocycles. The van der Waals surface area contributed by atoms with E-state index < -0.39 is 0 Å². The third-order valence-electron chi connectivity index (χ3n) is 2.15. The molecule has 1 saturated heterocycles. The Kier molecular flexibility index (Phi) is 2.12. The van der Waals surface area contributed by atoms with Gasteiger partial charge in [0, 0.05) is 32.4 Å². The van der Waals surface area contributed by atoms with Gasteiger partial charge in [0.25, 0.3) is 0 Å². The molecule has 0 unspecified atom stereocenters. The van der Waals surface area contributed by atoms with Gasteiger partial charge in [0.15, 0.2) is 0 Å². The van der Waals surface area contributed by atoms with Crippen LogP contribution < -0.4 is 11.1 Å². The average molecular weight is 195 g/mol. The third kappa shape index (κ3) is 1.69. The maximum absolute atomic E-state index is 11.5. The lowest BCUT2D eigenvalue weighted by Crippen LogP contribution is -2.58. The summed E-state index contributed by atoms with van der Waals surface area (Å²) in [6.07, 6.45) is 3.36. The maximum atomic E-state index is 11.5. The molecule has 1 aromatic rings. The summed E-state index contributed by atoms with van der Waals surface area (Å²) in [5.74, 6) is 0.